The second-order valence-corrected chi connectivity index (χ2v) is 10.5. The van der Waals surface area contributed by atoms with Crippen LogP contribution >= 0.6 is 24.0 Å². The van der Waals surface area contributed by atoms with E-state index in [4.69, 9.17) is 0 Å². The van der Waals surface area contributed by atoms with E-state index in [0.29, 0.717) is 18.5 Å². The van der Waals surface area contributed by atoms with Crippen molar-refractivity contribution >= 4 is 39.8 Å². The van der Waals surface area contributed by atoms with E-state index < -0.39 is 14.6 Å². The number of halogens is 1. The molecular weight excluding hydrogens is 451 g/mol. The van der Waals surface area contributed by atoms with E-state index in [-0.39, 0.29) is 29.7 Å². The van der Waals surface area contributed by atoms with Gasteiger partial charge in [0.05, 0.1) is 10.5 Å². The molecule has 0 radical (unpaired) electrons. The zero-order valence-electron chi connectivity index (χ0n) is 16.5. The van der Waals surface area contributed by atoms with E-state index in [0.717, 1.165) is 19.5 Å². The van der Waals surface area contributed by atoms with Gasteiger partial charge in [-0.05, 0) is 53.5 Å². The molecule has 0 aliphatic carbocycles. The minimum Gasteiger partial charge on any atom is -0.356 e. The van der Waals surface area contributed by atoms with Crippen molar-refractivity contribution in [3.05, 3.63) is 0 Å². The Hall–Kier alpha value is -0.0900. The SMILES string of the molecule is CN=C(NCCCN1CCCCC1C)NCCS(=O)(=O)C(C)(C)C.I. The molecule has 1 unspecified atom stereocenters. The van der Waals surface area contributed by atoms with Crippen LogP contribution in [0.2, 0.25) is 0 Å². The summed E-state index contributed by atoms with van der Waals surface area (Å²) in [5.74, 6) is 0.786. The highest BCUT2D eigenvalue weighted by Gasteiger charge is 2.28. The second kappa shape index (κ2) is 11.6. The van der Waals surface area contributed by atoms with Crippen molar-refractivity contribution in [1.82, 2.24) is 15.5 Å². The van der Waals surface area contributed by atoms with Gasteiger partial charge in [0.25, 0.3) is 0 Å². The highest BCUT2D eigenvalue weighted by molar-refractivity contribution is 14.0. The van der Waals surface area contributed by atoms with E-state index in [9.17, 15) is 8.42 Å². The lowest BCUT2D eigenvalue weighted by atomic mass is 10.0. The molecule has 150 valence electrons. The molecule has 0 spiro atoms. The molecule has 1 rings (SSSR count). The van der Waals surface area contributed by atoms with Crippen LogP contribution in [0.1, 0.15) is 53.4 Å². The quantitative estimate of drug-likeness (QED) is 0.249. The average molecular weight is 488 g/mol. The Bertz CT molecular complexity index is 503. The molecule has 0 bridgehead atoms. The summed E-state index contributed by atoms with van der Waals surface area (Å²) >= 11 is 0. The van der Waals surface area contributed by atoms with Gasteiger partial charge in [-0.25, -0.2) is 8.42 Å². The molecule has 0 aromatic heterocycles. The molecule has 0 saturated carbocycles. The van der Waals surface area contributed by atoms with Crippen LogP contribution in [0.3, 0.4) is 0 Å². The maximum Gasteiger partial charge on any atom is 0.191 e. The molecule has 1 heterocycles. The summed E-state index contributed by atoms with van der Waals surface area (Å²) in [6, 6.07) is 0.693. The smallest absolute Gasteiger partial charge is 0.191 e. The lowest BCUT2D eigenvalue weighted by Crippen LogP contribution is -2.43. The number of guanidine groups is 1. The van der Waals surface area contributed by atoms with Crippen molar-refractivity contribution in [3.63, 3.8) is 0 Å². The van der Waals surface area contributed by atoms with E-state index in [2.05, 4.69) is 27.4 Å². The summed E-state index contributed by atoms with van der Waals surface area (Å²) in [5.41, 5.74) is 0. The van der Waals surface area contributed by atoms with Gasteiger partial charge in [0, 0.05) is 32.7 Å². The van der Waals surface area contributed by atoms with Gasteiger partial charge < -0.3 is 15.5 Å². The Morgan fingerprint density at radius 3 is 2.40 bits per heavy atom. The lowest BCUT2D eigenvalue weighted by Gasteiger charge is -2.33. The Morgan fingerprint density at radius 2 is 1.84 bits per heavy atom. The fraction of sp³-hybridized carbons (Fsp3) is 0.941. The zero-order valence-corrected chi connectivity index (χ0v) is 19.6. The summed E-state index contributed by atoms with van der Waals surface area (Å²) in [5, 5.41) is 6.36. The number of sulfone groups is 1. The fourth-order valence-electron chi connectivity index (χ4n) is 2.81. The second-order valence-electron chi connectivity index (χ2n) is 7.59. The maximum absolute atomic E-state index is 12.1. The Kier molecular flexibility index (Phi) is 11.5. The van der Waals surface area contributed by atoms with Crippen molar-refractivity contribution in [2.45, 2.75) is 64.2 Å². The highest BCUT2D eigenvalue weighted by atomic mass is 127. The van der Waals surface area contributed by atoms with Crippen LogP contribution in [0.5, 0.6) is 0 Å². The predicted octanol–water partition coefficient (Wildman–Crippen LogP) is 2.25. The van der Waals surface area contributed by atoms with Gasteiger partial charge in [-0.15, -0.1) is 24.0 Å². The molecule has 6 nitrogen and oxygen atoms in total. The Balaban J connectivity index is 0.00000576. The van der Waals surface area contributed by atoms with Gasteiger partial charge in [-0.2, -0.15) is 0 Å². The predicted molar refractivity (Wildman–Crippen MR) is 118 cm³/mol. The van der Waals surface area contributed by atoms with Crippen LogP contribution in [0, 0.1) is 0 Å². The van der Waals surface area contributed by atoms with E-state index in [1.54, 1.807) is 27.8 Å². The van der Waals surface area contributed by atoms with Gasteiger partial charge in [-0.3, -0.25) is 4.99 Å². The fourth-order valence-corrected chi connectivity index (χ4v) is 3.79. The van der Waals surface area contributed by atoms with Gasteiger partial charge in [-0.1, -0.05) is 6.42 Å². The summed E-state index contributed by atoms with van der Waals surface area (Å²) in [6.45, 7) is 11.0. The molecular formula is C17H37IN4O2S. The Morgan fingerprint density at radius 1 is 1.20 bits per heavy atom. The molecule has 1 aliphatic rings. The minimum atomic E-state index is -3.10. The Labute approximate surface area is 171 Å². The van der Waals surface area contributed by atoms with Crippen molar-refractivity contribution in [2.24, 2.45) is 4.99 Å². The monoisotopic (exact) mass is 488 g/mol. The summed E-state index contributed by atoms with van der Waals surface area (Å²) in [7, 11) is -1.39. The van der Waals surface area contributed by atoms with Gasteiger partial charge in [0.15, 0.2) is 15.8 Å². The van der Waals surface area contributed by atoms with Crippen LogP contribution in [-0.4, -0.2) is 69.0 Å². The molecule has 25 heavy (non-hydrogen) atoms. The summed E-state index contributed by atoms with van der Waals surface area (Å²) in [6.07, 6.45) is 5.03. The van der Waals surface area contributed by atoms with Gasteiger partial charge in [0.1, 0.15) is 0 Å². The topological polar surface area (TPSA) is 73.8 Å². The lowest BCUT2D eigenvalue weighted by molar-refractivity contribution is 0.159. The average Bonchev–Trinajstić information content (AvgIpc) is 2.50. The van der Waals surface area contributed by atoms with Crippen LogP contribution in [0.4, 0.5) is 0 Å². The van der Waals surface area contributed by atoms with E-state index >= 15 is 0 Å². The third-order valence-corrected chi connectivity index (χ3v) is 7.28. The molecule has 1 saturated heterocycles. The first-order valence-electron chi connectivity index (χ1n) is 9.08. The van der Waals surface area contributed by atoms with E-state index in [1.807, 2.05) is 0 Å². The first kappa shape index (κ1) is 24.9. The molecule has 2 N–H and O–H groups in total. The highest BCUT2D eigenvalue weighted by Crippen LogP contribution is 2.16. The summed E-state index contributed by atoms with van der Waals surface area (Å²) in [4.78, 5) is 6.71. The van der Waals surface area contributed by atoms with Crippen LogP contribution in [0.15, 0.2) is 4.99 Å². The molecule has 1 aliphatic heterocycles. The van der Waals surface area contributed by atoms with Crippen LogP contribution in [-0.2, 0) is 9.84 Å². The normalized spacial score (nSPS) is 20.0. The number of rotatable bonds is 7. The van der Waals surface area contributed by atoms with Gasteiger partial charge in [0.2, 0.25) is 0 Å². The third kappa shape index (κ3) is 8.90. The number of likely N-dealkylation sites (tertiary alicyclic amines) is 1. The van der Waals surface area contributed by atoms with Crippen molar-refractivity contribution < 1.29 is 8.42 Å². The third-order valence-electron chi connectivity index (χ3n) is 4.67. The molecule has 0 aromatic carbocycles. The number of nitrogens with zero attached hydrogens (tertiary/aromatic N) is 2. The van der Waals surface area contributed by atoms with E-state index in [1.165, 1.54) is 25.8 Å². The summed E-state index contributed by atoms with van der Waals surface area (Å²) < 4.78 is 23.5. The van der Waals surface area contributed by atoms with Crippen molar-refractivity contribution in [1.29, 1.82) is 0 Å². The molecule has 0 amide bonds. The number of piperidine rings is 1. The molecule has 0 aromatic rings. The largest absolute Gasteiger partial charge is 0.356 e. The molecule has 8 heteroatoms. The standard InChI is InChI=1S/C17H36N4O2S.HI/c1-15-9-6-7-12-21(15)13-8-10-19-16(18-5)20-11-14-24(22,23)17(2,3)4;/h15H,6-14H2,1-5H3,(H2,18,19,20);1H. The maximum atomic E-state index is 12.1. The van der Waals surface area contributed by atoms with Crippen LogP contribution < -0.4 is 10.6 Å². The van der Waals surface area contributed by atoms with Crippen molar-refractivity contribution in [3.8, 4) is 0 Å². The first-order valence-corrected chi connectivity index (χ1v) is 10.7. The number of hydrogen-bond acceptors (Lipinski definition) is 4. The number of nitrogens with one attached hydrogen (secondary N) is 2. The first-order chi connectivity index (χ1) is 11.2. The van der Waals surface area contributed by atoms with Gasteiger partial charge >= 0.3 is 0 Å². The zero-order chi connectivity index (χ0) is 18.2. The van der Waals surface area contributed by atoms with Crippen molar-refractivity contribution in [2.75, 3.05) is 39.0 Å². The molecule has 1 atom stereocenters. The molecule has 1 fully saturated rings. The number of aliphatic imine (C=N–C) groups is 1. The number of hydrogen-bond donors (Lipinski definition) is 2. The van der Waals surface area contributed by atoms with Crippen LogP contribution in [0.25, 0.3) is 0 Å². The minimum absolute atomic E-state index is 0.